The largest absolute Gasteiger partial charge is 0.371 e. The van der Waals surface area contributed by atoms with Gasteiger partial charge in [-0.25, -0.2) is 17.9 Å². The van der Waals surface area contributed by atoms with Crippen LogP contribution < -0.4 is 16.0 Å². The Morgan fingerprint density at radius 2 is 1.72 bits per heavy atom. The molecule has 0 saturated carbocycles. The maximum Gasteiger partial charge on any atom is 0.243 e. The number of carbonyl (C=O) groups is 2. The predicted octanol–water partition coefficient (Wildman–Crippen LogP) is 3.46. The van der Waals surface area contributed by atoms with Crippen molar-refractivity contribution in [1.29, 1.82) is 0 Å². The summed E-state index contributed by atoms with van der Waals surface area (Å²) in [5, 5.41) is 12.1. The molecule has 32 heavy (non-hydrogen) atoms. The van der Waals surface area contributed by atoms with Crippen molar-refractivity contribution in [2.45, 2.75) is 26.8 Å². The van der Waals surface area contributed by atoms with Gasteiger partial charge in [0.1, 0.15) is 6.04 Å². The van der Waals surface area contributed by atoms with Crippen LogP contribution in [-0.2, 0) is 9.59 Å². The van der Waals surface area contributed by atoms with Crippen molar-refractivity contribution in [1.82, 2.24) is 15.1 Å². The molecule has 3 aromatic rings. The second kappa shape index (κ2) is 9.54. The lowest BCUT2D eigenvalue weighted by Crippen LogP contribution is -2.41. The number of amides is 2. The van der Waals surface area contributed by atoms with E-state index >= 15 is 0 Å². The van der Waals surface area contributed by atoms with Gasteiger partial charge in [-0.15, -0.1) is 0 Å². The van der Waals surface area contributed by atoms with Crippen molar-refractivity contribution in [2.24, 2.45) is 0 Å². The first-order chi connectivity index (χ1) is 15.2. The van der Waals surface area contributed by atoms with Gasteiger partial charge in [-0.05, 0) is 45.0 Å². The third-order valence-electron chi connectivity index (χ3n) is 4.78. The summed E-state index contributed by atoms with van der Waals surface area (Å²) in [6.07, 6.45) is 0. The molecule has 0 aliphatic rings. The Labute approximate surface area is 182 Å². The second-order valence-electron chi connectivity index (χ2n) is 7.15. The van der Waals surface area contributed by atoms with E-state index in [1.54, 1.807) is 11.6 Å². The van der Waals surface area contributed by atoms with Gasteiger partial charge in [-0.1, -0.05) is 18.2 Å². The lowest BCUT2D eigenvalue weighted by atomic mass is 10.2. The number of aryl methyl sites for hydroxylation is 1. The number of rotatable bonds is 7. The number of para-hydroxylation sites is 1. The zero-order valence-corrected chi connectivity index (χ0v) is 17.7. The van der Waals surface area contributed by atoms with Gasteiger partial charge in [0.15, 0.2) is 17.5 Å². The van der Waals surface area contributed by atoms with Crippen LogP contribution in [0.25, 0.3) is 5.69 Å². The summed E-state index contributed by atoms with van der Waals surface area (Å²) in [7, 11) is 0. The average Bonchev–Trinajstić information content (AvgIpc) is 3.06. The topological polar surface area (TPSA) is 88.1 Å². The molecular formula is C22H22F3N5O2. The van der Waals surface area contributed by atoms with Crippen molar-refractivity contribution < 1.29 is 22.8 Å². The van der Waals surface area contributed by atoms with Gasteiger partial charge in [-0.3, -0.25) is 9.59 Å². The van der Waals surface area contributed by atoms with Gasteiger partial charge in [0, 0.05) is 0 Å². The molecule has 0 saturated heterocycles. The van der Waals surface area contributed by atoms with Crippen LogP contribution in [0.1, 0.15) is 18.3 Å². The first kappa shape index (κ1) is 22.9. The van der Waals surface area contributed by atoms with Gasteiger partial charge >= 0.3 is 0 Å². The summed E-state index contributed by atoms with van der Waals surface area (Å²) in [5.41, 5.74) is 2.54. The fourth-order valence-electron chi connectivity index (χ4n) is 3.09. The van der Waals surface area contributed by atoms with Crippen LogP contribution in [0.4, 0.5) is 24.5 Å². The van der Waals surface area contributed by atoms with E-state index in [0.717, 1.165) is 17.4 Å². The number of nitrogens with one attached hydrogen (secondary N) is 3. The summed E-state index contributed by atoms with van der Waals surface area (Å²) in [6, 6.07) is 10.4. The number of hydrogen-bond acceptors (Lipinski definition) is 4. The first-order valence-electron chi connectivity index (χ1n) is 9.78. The zero-order valence-electron chi connectivity index (χ0n) is 17.7. The summed E-state index contributed by atoms with van der Waals surface area (Å²) in [4.78, 5) is 24.4. The molecule has 0 radical (unpaired) electrons. The molecule has 0 aliphatic carbocycles. The molecule has 1 unspecified atom stereocenters. The van der Waals surface area contributed by atoms with Gasteiger partial charge in [0.25, 0.3) is 0 Å². The SMILES string of the molecule is Cc1nn(-c2ccccc2)c(C)c1NC(C)C(=O)NCC(=O)Nc1ccc(F)c(F)c1F. The van der Waals surface area contributed by atoms with E-state index in [4.69, 9.17) is 0 Å². The smallest absolute Gasteiger partial charge is 0.243 e. The van der Waals surface area contributed by atoms with E-state index in [2.05, 4.69) is 21.0 Å². The van der Waals surface area contributed by atoms with E-state index < -0.39 is 47.5 Å². The van der Waals surface area contributed by atoms with Crippen molar-refractivity contribution in [3.05, 3.63) is 71.3 Å². The number of carbonyl (C=O) groups excluding carboxylic acids is 2. The van der Waals surface area contributed by atoms with Gasteiger partial charge < -0.3 is 16.0 Å². The van der Waals surface area contributed by atoms with Crippen LogP contribution in [0.5, 0.6) is 0 Å². The van der Waals surface area contributed by atoms with Crippen LogP contribution in [0, 0.1) is 31.3 Å². The Morgan fingerprint density at radius 3 is 2.41 bits per heavy atom. The highest BCUT2D eigenvalue weighted by atomic mass is 19.2. The van der Waals surface area contributed by atoms with Gasteiger partial charge in [0.05, 0.1) is 35.0 Å². The van der Waals surface area contributed by atoms with Crippen molar-refractivity contribution in [2.75, 3.05) is 17.2 Å². The fraction of sp³-hybridized carbons (Fsp3) is 0.227. The minimum absolute atomic E-state index is 0.482. The molecule has 0 spiro atoms. The Morgan fingerprint density at radius 1 is 1.03 bits per heavy atom. The Hall–Kier alpha value is -3.82. The monoisotopic (exact) mass is 445 g/mol. The molecule has 0 bridgehead atoms. The molecule has 1 atom stereocenters. The highest BCUT2D eigenvalue weighted by molar-refractivity contribution is 5.95. The zero-order chi connectivity index (χ0) is 23.4. The molecule has 3 N–H and O–H groups in total. The van der Waals surface area contributed by atoms with Crippen molar-refractivity contribution in [3.8, 4) is 5.69 Å². The van der Waals surface area contributed by atoms with E-state index in [9.17, 15) is 22.8 Å². The van der Waals surface area contributed by atoms with E-state index in [0.29, 0.717) is 17.4 Å². The highest BCUT2D eigenvalue weighted by Gasteiger charge is 2.20. The number of benzene rings is 2. The Bertz CT molecular complexity index is 1150. The van der Waals surface area contributed by atoms with Gasteiger partial charge in [-0.2, -0.15) is 5.10 Å². The number of halogens is 3. The molecule has 7 nitrogen and oxygen atoms in total. The maximum atomic E-state index is 13.7. The second-order valence-corrected chi connectivity index (χ2v) is 7.15. The molecule has 0 aliphatic heterocycles. The quantitative estimate of drug-likeness (QED) is 0.486. The Balaban J connectivity index is 1.59. The Kier molecular flexibility index (Phi) is 6.82. The molecule has 3 rings (SSSR count). The lowest BCUT2D eigenvalue weighted by Gasteiger charge is -2.16. The summed E-state index contributed by atoms with van der Waals surface area (Å²) in [5.74, 6) is -5.85. The number of aromatic nitrogens is 2. The maximum absolute atomic E-state index is 13.7. The molecular weight excluding hydrogens is 423 g/mol. The molecule has 1 aromatic heterocycles. The normalized spacial score (nSPS) is 11.7. The van der Waals surface area contributed by atoms with Crippen LogP contribution >= 0.6 is 0 Å². The van der Waals surface area contributed by atoms with Crippen LogP contribution in [0.15, 0.2) is 42.5 Å². The highest BCUT2D eigenvalue weighted by Crippen LogP contribution is 2.23. The van der Waals surface area contributed by atoms with Crippen LogP contribution in [-0.4, -0.2) is 34.2 Å². The third kappa shape index (κ3) is 4.90. The standard InChI is InChI=1S/C22H22F3N5O2/c1-12-21(14(3)30(29-12)15-7-5-4-6-8-15)27-13(2)22(32)26-11-18(31)28-17-10-9-16(23)19(24)20(17)25/h4-10,13,27H,11H2,1-3H3,(H,26,32)(H,28,31). The molecule has 168 valence electrons. The van der Waals surface area contributed by atoms with E-state index in [-0.39, 0.29) is 0 Å². The number of nitrogens with zero attached hydrogens (tertiary/aromatic N) is 2. The summed E-state index contributed by atoms with van der Waals surface area (Å²) < 4.78 is 41.6. The molecule has 2 amide bonds. The first-order valence-corrected chi connectivity index (χ1v) is 9.78. The summed E-state index contributed by atoms with van der Waals surface area (Å²) >= 11 is 0. The summed E-state index contributed by atoms with van der Waals surface area (Å²) in [6.45, 7) is 4.80. The minimum atomic E-state index is -1.69. The number of hydrogen-bond donors (Lipinski definition) is 3. The van der Waals surface area contributed by atoms with Crippen molar-refractivity contribution >= 4 is 23.2 Å². The molecule has 1 heterocycles. The van der Waals surface area contributed by atoms with Gasteiger partial charge in [0.2, 0.25) is 11.8 Å². The van der Waals surface area contributed by atoms with E-state index in [1.165, 1.54) is 0 Å². The molecule has 10 heteroatoms. The predicted molar refractivity (Wildman–Crippen MR) is 114 cm³/mol. The van der Waals surface area contributed by atoms with E-state index in [1.807, 2.05) is 44.2 Å². The lowest BCUT2D eigenvalue weighted by molar-refractivity contribution is -0.124. The van der Waals surface area contributed by atoms with Crippen LogP contribution in [0.3, 0.4) is 0 Å². The third-order valence-corrected chi connectivity index (χ3v) is 4.78. The number of anilines is 2. The average molecular weight is 445 g/mol. The molecule has 0 fully saturated rings. The van der Waals surface area contributed by atoms with Crippen LogP contribution in [0.2, 0.25) is 0 Å². The minimum Gasteiger partial charge on any atom is -0.371 e. The fourth-order valence-corrected chi connectivity index (χ4v) is 3.09. The van der Waals surface area contributed by atoms with Crippen molar-refractivity contribution in [3.63, 3.8) is 0 Å². The molecule has 2 aromatic carbocycles.